The van der Waals surface area contributed by atoms with Crippen molar-refractivity contribution in [3.63, 3.8) is 0 Å². The Kier molecular flexibility index (Phi) is 5.48. The summed E-state index contributed by atoms with van der Waals surface area (Å²) in [7, 11) is 0. The lowest BCUT2D eigenvalue weighted by Gasteiger charge is -2.38. The summed E-state index contributed by atoms with van der Waals surface area (Å²) in [5.74, 6) is 0.854. The van der Waals surface area contributed by atoms with Gasteiger partial charge in [-0.15, -0.1) is 0 Å². The van der Waals surface area contributed by atoms with Crippen molar-refractivity contribution in [3.8, 4) is 6.07 Å². The first-order chi connectivity index (χ1) is 14.5. The molecule has 2 aliphatic rings. The Balaban J connectivity index is 1.92. The van der Waals surface area contributed by atoms with E-state index in [0.717, 1.165) is 47.7 Å². The molecule has 2 aromatic rings. The molecule has 2 aromatic carbocycles. The Bertz CT molecular complexity index is 1120. The smallest absolute Gasteiger partial charge is 0.205 e. The number of hydrogen-bond acceptors (Lipinski definition) is 4. The van der Waals surface area contributed by atoms with Gasteiger partial charge in [0.05, 0.1) is 5.92 Å². The van der Waals surface area contributed by atoms with Crippen molar-refractivity contribution in [2.45, 2.75) is 26.7 Å². The quantitative estimate of drug-likeness (QED) is 0.809. The highest BCUT2D eigenvalue weighted by molar-refractivity contribution is 5.65. The third-order valence-electron chi connectivity index (χ3n) is 6.07. The van der Waals surface area contributed by atoms with Crippen LogP contribution in [0.5, 0.6) is 0 Å². The third-order valence-corrected chi connectivity index (χ3v) is 6.07. The molecular formula is C26H27N3O. The molecule has 0 aliphatic carbocycles. The number of allylic oxidation sites excluding steroid dienone is 1. The SMILES string of the molecule is CCN1CC2=C(OC(N)=C(C#N)C2c2ccccc2C)/C(=C\c2ccccc2C)C1. The van der Waals surface area contributed by atoms with Crippen molar-refractivity contribution < 1.29 is 4.74 Å². The number of ether oxygens (including phenoxy) is 1. The van der Waals surface area contributed by atoms with Crippen molar-refractivity contribution in [1.29, 1.82) is 5.26 Å². The number of likely N-dealkylation sites (N-methyl/N-ethyl adjacent to an activating group) is 1. The van der Waals surface area contributed by atoms with E-state index in [0.29, 0.717) is 5.57 Å². The van der Waals surface area contributed by atoms with E-state index < -0.39 is 0 Å². The fourth-order valence-electron chi connectivity index (χ4n) is 4.37. The highest BCUT2D eigenvalue weighted by Crippen LogP contribution is 2.44. The number of nitriles is 1. The predicted octanol–water partition coefficient (Wildman–Crippen LogP) is 4.78. The zero-order valence-corrected chi connectivity index (χ0v) is 17.8. The second-order valence-electron chi connectivity index (χ2n) is 7.97. The minimum atomic E-state index is -0.186. The van der Waals surface area contributed by atoms with Crippen LogP contribution in [0.25, 0.3) is 6.08 Å². The van der Waals surface area contributed by atoms with E-state index >= 15 is 0 Å². The summed E-state index contributed by atoms with van der Waals surface area (Å²) in [4.78, 5) is 2.38. The average Bonchev–Trinajstić information content (AvgIpc) is 2.75. The van der Waals surface area contributed by atoms with Crippen LogP contribution in [0.15, 0.2) is 76.9 Å². The normalized spacial score (nSPS) is 20.7. The van der Waals surface area contributed by atoms with Gasteiger partial charge in [-0.1, -0.05) is 55.5 Å². The number of aryl methyl sites for hydroxylation is 2. The first-order valence-electron chi connectivity index (χ1n) is 10.4. The van der Waals surface area contributed by atoms with Gasteiger partial charge in [0.2, 0.25) is 5.88 Å². The van der Waals surface area contributed by atoms with Crippen molar-refractivity contribution >= 4 is 6.08 Å². The molecule has 4 rings (SSSR count). The predicted molar refractivity (Wildman–Crippen MR) is 120 cm³/mol. The highest BCUT2D eigenvalue weighted by atomic mass is 16.5. The van der Waals surface area contributed by atoms with Crippen LogP contribution in [0.1, 0.15) is 35.1 Å². The highest BCUT2D eigenvalue weighted by Gasteiger charge is 2.37. The molecule has 152 valence electrons. The molecule has 0 aromatic heterocycles. The largest absolute Gasteiger partial charge is 0.440 e. The summed E-state index contributed by atoms with van der Waals surface area (Å²) >= 11 is 0. The summed E-state index contributed by atoms with van der Waals surface area (Å²) in [6.45, 7) is 8.83. The second kappa shape index (κ2) is 8.22. The average molecular weight is 398 g/mol. The van der Waals surface area contributed by atoms with Crippen LogP contribution >= 0.6 is 0 Å². The monoisotopic (exact) mass is 397 g/mol. The second-order valence-corrected chi connectivity index (χ2v) is 7.97. The van der Waals surface area contributed by atoms with Gasteiger partial charge in [-0.3, -0.25) is 4.90 Å². The van der Waals surface area contributed by atoms with Crippen molar-refractivity contribution in [2.75, 3.05) is 19.6 Å². The molecule has 0 amide bonds. The van der Waals surface area contributed by atoms with Crippen LogP contribution in [-0.2, 0) is 4.74 Å². The maximum Gasteiger partial charge on any atom is 0.205 e. The van der Waals surface area contributed by atoms with Gasteiger partial charge in [0, 0.05) is 18.7 Å². The zero-order valence-electron chi connectivity index (χ0n) is 17.8. The first-order valence-corrected chi connectivity index (χ1v) is 10.4. The Morgan fingerprint density at radius 1 is 1.10 bits per heavy atom. The molecule has 0 saturated heterocycles. The van der Waals surface area contributed by atoms with Crippen LogP contribution < -0.4 is 5.73 Å². The van der Waals surface area contributed by atoms with Gasteiger partial charge >= 0.3 is 0 Å². The minimum Gasteiger partial charge on any atom is -0.440 e. The van der Waals surface area contributed by atoms with Crippen LogP contribution in [-0.4, -0.2) is 24.5 Å². The molecule has 30 heavy (non-hydrogen) atoms. The van der Waals surface area contributed by atoms with Gasteiger partial charge < -0.3 is 10.5 Å². The van der Waals surface area contributed by atoms with Crippen LogP contribution in [0.3, 0.4) is 0 Å². The number of hydrogen-bond donors (Lipinski definition) is 1. The summed E-state index contributed by atoms with van der Waals surface area (Å²) in [5, 5.41) is 9.92. The molecular weight excluding hydrogens is 370 g/mol. The van der Waals surface area contributed by atoms with Crippen LogP contribution in [0.4, 0.5) is 0 Å². The molecule has 0 fully saturated rings. The number of nitrogens with two attached hydrogens (primary N) is 1. The lowest BCUT2D eigenvalue weighted by molar-refractivity contribution is 0.239. The summed E-state index contributed by atoms with van der Waals surface area (Å²) in [5.41, 5.74) is 13.6. The molecule has 1 unspecified atom stereocenters. The maximum atomic E-state index is 9.92. The number of nitrogens with zero attached hydrogens (tertiary/aromatic N) is 2. The number of rotatable bonds is 3. The van der Waals surface area contributed by atoms with E-state index in [9.17, 15) is 5.26 Å². The Hall–Kier alpha value is -3.29. The molecule has 2 aliphatic heterocycles. The topological polar surface area (TPSA) is 62.3 Å². The van der Waals surface area contributed by atoms with E-state index in [4.69, 9.17) is 10.5 Å². The van der Waals surface area contributed by atoms with Crippen LogP contribution in [0.2, 0.25) is 0 Å². The van der Waals surface area contributed by atoms with E-state index in [-0.39, 0.29) is 11.8 Å². The van der Waals surface area contributed by atoms with Gasteiger partial charge in [0.15, 0.2) is 0 Å². The molecule has 0 radical (unpaired) electrons. The number of benzene rings is 2. The molecule has 0 saturated carbocycles. The lowest BCUT2D eigenvalue weighted by Crippen LogP contribution is -2.38. The summed E-state index contributed by atoms with van der Waals surface area (Å²) < 4.78 is 6.12. The molecule has 0 spiro atoms. The minimum absolute atomic E-state index is 0.186. The lowest BCUT2D eigenvalue weighted by atomic mass is 9.78. The zero-order chi connectivity index (χ0) is 21.3. The first kappa shape index (κ1) is 20.0. The van der Waals surface area contributed by atoms with Crippen molar-refractivity contribution in [2.24, 2.45) is 5.73 Å². The van der Waals surface area contributed by atoms with Gasteiger partial charge in [0.1, 0.15) is 17.4 Å². The molecule has 4 heteroatoms. The van der Waals surface area contributed by atoms with Crippen molar-refractivity contribution in [3.05, 3.63) is 99.1 Å². The summed E-state index contributed by atoms with van der Waals surface area (Å²) in [6.07, 6.45) is 2.20. The third kappa shape index (κ3) is 3.53. The summed E-state index contributed by atoms with van der Waals surface area (Å²) in [6, 6.07) is 18.9. The van der Waals surface area contributed by atoms with E-state index in [1.165, 1.54) is 11.1 Å². The maximum absolute atomic E-state index is 9.92. The Morgan fingerprint density at radius 3 is 2.47 bits per heavy atom. The standard InChI is InChI=1S/C26H27N3O/c1-4-29-15-20(13-19-11-7-5-9-17(19)2)25-23(16-29)24(22(14-27)26(28)30-25)21-12-8-6-10-18(21)3/h5-13,24H,4,15-16,28H2,1-3H3/b20-13-. The fourth-order valence-corrected chi connectivity index (χ4v) is 4.37. The van der Waals surface area contributed by atoms with E-state index in [1.807, 2.05) is 18.2 Å². The molecule has 4 nitrogen and oxygen atoms in total. The molecule has 2 heterocycles. The van der Waals surface area contributed by atoms with Gasteiger partial charge in [0.25, 0.3) is 0 Å². The van der Waals surface area contributed by atoms with E-state index in [2.05, 4.69) is 68.1 Å². The Morgan fingerprint density at radius 2 is 1.80 bits per heavy atom. The molecule has 0 bridgehead atoms. The van der Waals surface area contributed by atoms with Crippen LogP contribution in [0, 0.1) is 25.2 Å². The van der Waals surface area contributed by atoms with Crippen molar-refractivity contribution in [1.82, 2.24) is 4.90 Å². The van der Waals surface area contributed by atoms with Gasteiger partial charge in [-0.05, 0) is 54.3 Å². The molecule has 1 atom stereocenters. The fraction of sp³-hybridized carbons (Fsp3) is 0.269. The van der Waals surface area contributed by atoms with Gasteiger partial charge in [-0.2, -0.15) is 5.26 Å². The Labute approximate surface area is 178 Å². The molecule has 2 N–H and O–H groups in total. The van der Waals surface area contributed by atoms with Gasteiger partial charge in [-0.25, -0.2) is 0 Å². The van der Waals surface area contributed by atoms with E-state index in [1.54, 1.807) is 0 Å².